The fraction of sp³-hybridized carbons (Fsp3) is 0.538. The molecule has 0 bridgehead atoms. The Kier molecular flexibility index (Phi) is 19.0. The number of carboxylic acids is 2. The van der Waals surface area contributed by atoms with Crippen LogP contribution in [0.3, 0.4) is 0 Å². The highest BCUT2D eigenvalue weighted by Gasteiger charge is 2.41. The monoisotopic (exact) mass is 679 g/mol. The van der Waals surface area contributed by atoms with Crippen molar-refractivity contribution in [3.8, 4) is 0 Å². The third-order valence-corrected chi connectivity index (χ3v) is 7.06. The topological polar surface area (TPSA) is 171 Å². The van der Waals surface area contributed by atoms with E-state index in [9.17, 15) is 35.9 Å². The summed E-state index contributed by atoms with van der Waals surface area (Å²) in [5, 5.41) is 19.2. The lowest BCUT2D eigenvalue weighted by Crippen LogP contribution is -2.97. The molecule has 5 N–H and O–H groups in total. The minimum absolute atomic E-state index is 0.0127. The highest BCUT2D eigenvalue weighted by molar-refractivity contribution is 7.98. The Hall–Kier alpha value is -2.80. The number of primary amides is 1. The number of hydrogen-bond acceptors (Lipinski definition) is 10. The molecule has 4 atom stereocenters. The van der Waals surface area contributed by atoms with Crippen molar-refractivity contribution in [2.45, 2.75) is 49.2 Å². The van der Waals surface area contributed by atoms with Gasteiger partial charge in [-0.15, -0.1) is 0 Å². The molecule has 0 aliphatic carbocycles. The number of alkyl halides is 6. The number of carboxylic acid groups (broad SMARTS) is 2. The molecule has 1 aromatic rings. The molecular formula is C26H35F6N3O7S2. The summed E-state index contributed by atoms with van der Waals surface area (Å²) in [7, 11) is 1.38. The molecule has 1 fully saturated rings. The van der Waals surface area contributed by atoms with Crippen molar-refractivity contribution < 1.29 is 71.5 Å². The normalized spacial score (nSPS) is 18.3. The van der Waals surface area contributed by atoms with Gasteiger partial charge in [0, 0.05) is 25.3 Å². The Labute approximate surface area is 259 Å². The Morgan fingerprint density at radius 3 is 2.07 bits per heavy atom. The number of quaternary nitrogens is 2. The number of aliphatic carboxylic acids is 2. The van der Waals surface area contributed by atoms with Crippen molar-refractivity contribution in [1.82, 2.24) is 4.90 Å². The Morgan fingerprint density at radius 2 is 1.64 bits per heavy atom. The van der Waals surface area contributed by atoms with E-state index in [1.165, 1.54) is 12.7 Å². The number of carbonyl (C=O) groups is 4. The third-order valence-electron chi connectivity index (χ3n) is 5.95. The standard InChI is InChI=1S/C22H33N3O3S2.2C2HF3O2/c1-28-22(27)19(10-12-30-2)24-21(26)20-13-17(16-7-4-3-5-8-16)14-25(20)11-6-9-18(23)15-29;2*3-2(4,5)1(6)7/h3-9,17-20,29H,10-15,23H2,1-2H3,(H,24,26);2*(H,6,7)/b9-6+;;/t17-,18+,19-,20-;;/m0../s1. The zero-order valence-corrected chi connectivity index (χ0v) is 25.5. The molecule has 1 amide bonds. The lowest BCUT2D eigenvalue weighted by Gasteiger charge is -2.21. The van der Waals surface area contributed by atoms with Gasteiger partial charge in [-0.25, -0.2) is 9.59 Å². The van der Waals surface area contributed by atoms with Crippen LogP contribution in [0.4, 0.5) is 26.3 Å². The summed E-state index contributed by atoms with van der Waals surface area (Å²) >= 11 is 5.93. The van der Waals surface area contributed by atoms with Crippen molar-refractivity contribution >= 4 is 48.2 Å². The van der Waals surface area contributed by atoms with E-state index < -0.39 is 30.3 Å². The molecule has 0 saturated carbocycles. The zero-order chi connectivity index (χ0) is 34.1. The second-order valence-electron chi connectivity index (χ2n) is 9.23. The smallest absolute Gasteiger partial charge is 0.430 e. The van der Waals surface area contributed by atoms with E-state index in [4.69, 9.17) is 24.5 Å². The second kappa shape index (κ2) is 20.3. The van der Waals surface area contributed by atoms with Crippen molar-refractivity contribution in [3.63, 3.8) is 0 Å². The SMILES string of the molecule is COC(=O)[C@H](CCSC)[NH2+]C(=O)[C@@H]1C[C@H](c2ccccc2)CN1C/C=C/[C@@H]([NH3+])CS.O=C([O-])C(F)(F)F.O=C([O-])C(F)(F)F. The van der Waals surface area contributed by atoms with Gasteiger partial charge in [0.15, 0.2) is 6.04 Å². The zero-order valence-electron chi connectivity index (χ0n) is 23.8. The maximum Gasteiger partial charge on any atom is 0.430 e. The van der Waals surface area contributed by atoms with Gasteiger partial charge in [0.25, 0.3) is 0 Å². The van der Waals surface area contributed by atoms with Gasteiger partial charge < -0.3 is 30.3 Å². The van der Waals surface area contributed by atoms with Crippen LogP contribution in [0.25, 0.3) is 0 Å². The number of hydrogen-bond donors (Lipinski definition) is 3. The lowest BCUT2D eigenvalue weighted by molar-refractivity contribution is -0.596. The van der Waals surface area contributed by atoms with E-state index in [1.54, 1.807) is 17.1 Å². The number of nitrogens with zero attached hydrogens (tertiary/aromatic N) is 1. The first-order chi connectivity index (χ1) is 20.4. The van der Waals surface area contributed by atoms with Gasteiger partial charge >= 0.3 is 24.2 Å². The van der Waals surface area contributed by atoms with E-state index in [2.05, 4.69) is 41.5 Å². The van der Waals surface area contributed by atoms with Crippen LogP contribution in [0.1, 0.15) is 24.3 Å². The van der Waals surface area contributed by atoms with Crippen molar-refractivity contribution in [3.05, 3.63) is 48.0 Å². The van der Waals surface area contributed by atoms with Crippen LogP contribution in [-0.4, -0.2) is 97.2 Å². The number of benzene rings is 1. The fourth-order valence-corrected chi connectivity index (χ4v) is 4.40. The average Bonchev–Trinajstić information content (AvgIpc) is 3.39. The number of thiol groups is 1. The molecule has 0 spiro atoms. The van der Waals surface area contributed by atoms with Gasteiger partial charge in [-0.1, -0.05) is 36.4 Å². The van der Waals surface area contributed by atoms with E-state index in [-0.39, 0.29) is 24.0 Å². The highest BCUT2D eigenvalue weighted by atomic mass is 32.2. The van der Waals surface area contributed by atoms with Crippen LogP contribution >= 0.6 is 24.4 Å². The predicted octanol–water partition coefficient (Wildman–Crippen LogP) is -1.08. The molecule has 1 saturated heterocycles. The molecular weight excluding hydrogens is 644 g/mol. The molecule has 0 aromatic heterocycles. The number of halogens is 6. The summed E-state index contributed by atoms with van der Waals surface area (Å²) in [6.07, 6.45) is -2.91. The maximum atomic E-state index is 13.2. The van der Waals surface area contributed by atoms with Crippen LogP contribution in [0, 0.1) is 0 Å². The summed E-state index contributed by atoms with van der Waals surface area (Å²) in [5.41, 5.74) is 5.27. The van der Waals surface area contributed by atoms with Gasteiger partial charge in [0.1, 0.15) is 24.0 Å². The van der Waals surface area contributed by atoms with E-state index in [0.717, 1.165) is 18.7 Å². The summed E-state index contributed by atoms with van der Waals surface area (Å²) in [5.74, 6) is -4.55. The number of esters is 1. The Bertz CT molecular complexity index is 1050. The molecule has 1 heterocycles. The first-order valence-electron chi connectivity index (χ1n) is 12.8. The minimum atomic E-state index is -5.19. The molecule has 1 aliphatic rings. The van der Waals surface area contributed by atoms with Gasteiger partial charge in [-0.3, -0.25) is 10.2 Å². The van der Waals surface area contributed by atoms with E-state index >= 15 is 0 Å². The van der Waals surface area contributed by atoms with Crippen molar-refractivity contribution in [2.75, 3.05) is 38.0 Å². The summed E-state index contributed by atoms with van der Waals surface area (Å²) in [6, 6.07) is 9.76. The Morgan fingerprint density at radius 1 is 1.11 bits per heavy atom. The molecule has 1 aliphatic heterocycles. The average molecular weight is 680 g/mol. The number of nitrogens with two attached hydrogens (primary N) is 1. The van der Waals surface area contributed by atoms with E-state index in [1.807, 2.05) is 30.5 Å². The van der Waals surface area contributed by atoms with Gasteiger partial charge in [-0.2, -0.15) is 50.7 Å². The van der Waals surface area contributed by atoms with Gasteiger partial charge in [-0.05, 0) is 36.0 Å². The summed E-state index contributed by atoms with van der Waals surface area (Å²) in [4.78, 5) is 45.2. The molecule has 1 aromatic carbocycles. The van der Waals surface area contributed by atoms with Gasteiger partial charge in [0.2, 0.25) is 0 Å². The molecule has 250 valence electrons. The fourth-order valence-electron chi connectivity index (χ4n) is 3.79. The first-order valence-corrected chi connectivity index (χ1v) is 14.8. The third kappa shape index (κ3) is 16.3. The number of carbonyl (C=O) groups excluding carboxylic acids is 4. The van der Waals surface area contributed by atoms with Crippen LogP contribution < -0.4 is 21.3 Å². The van der Waals surface area contributed by atoms with E-state index in [0.29, 0.717) is 24.6 Å². The Balaban J connectivity index is 0.00000109. The van der Waals surface area contributed by atoms with Crippen molar-refractivity contribution in [2.24, 2.45) is 0 Å². The van der Waals surface area contributed by atoms with Crippen molar-refractivity contribution in [1.29, 1.82) is 0 Å². The number of ether oxygens (including phenoxy) is 1. The lowest BCUT2D eigenvalue weighted by atomic mass is 9.96. The number of rotatable bonds is 11. The van der Waals surface area contributed by atoms with Crippen LogP contribution in [0.5, 0.6) is 0 Å². The number of amides is 1. The minimum Gasteiger partial charge on any atom is -0.542 e. The van der Waals surface area contributed by atoms with Gasteiger partial charge in [0.05, 0.1) is 7.11 Å². The quantitative estimate of drug-likeness (QED) is 0.114. The second-order valence-corrected chi connectivity index (χ2v) is 10.6. The largest absolute Gasteiger partial charge is 0.542 e. The summed E-state index contributed by atoms with van der Waals surface area (Å²) in [6.45, 7) is 1.50. The first kappa shape index (κ1) is 41.2. The molecule has 10 nitrogen and oxygen atoms in total. The highest BCUT2D eigenvalue weighted by Crippen LogP contribution is 2.31. The van der Waals surface area contributed by atoms with Crippen LogP contribution in [0.15, 0.2) is 42.5 Å². The van der Waals surface area contributed by atoms with Crippen LogP contribution in [0.2, 0.25) is 0 Å². The summed E-state index contributed by atoms with van der Waals surface area (Å²) < 4.78 is 68.0. The number of methoxy groups -OCH3 is 1. The molecule has 0 unspecified atom stereocenters. The van der Waals surface area contributed by atoms with Crippen LogP contribution in [-0.2, 0) is 23.9 Å². The predicted molar refractivity (Wildman–Crippen MR) is 147 cm³/mol. The molecule has 44 heavy (non-hydrogen) atoms. The number of likely N-dealkylation sites (tertiary alicyclic amines) is 1. The molecule has 0 radical (unpaired) electrons. The maximum absolute atomic E-state index is 13.2. The molecule has 2 rings (SSSR count). The molecule has 18 heteroatoms. The number of thioether (sulfide) groups is 1.